The fourth-order valence-corrected chi connectivity index (χ4v) is 2.57. The van der Waals surface area contributed by atoms with Gasteiger partial charge in [-0.15, -0.1) is 0 Å². The van der Waals surface area contributed by atoms with Crippen LogP contribution in [0, 0.1) is 6.92 Å². The molecule has 0 unspecified atom stereocenters. The second kappa shape index (κ2) is 3.56. The second-order valence-electron chi connectivity index (χ2n) is 3.91. The van der Waals surface area contributed by atoms with E-state index in [0.717, 1.165) is 16.9 Å². The lowest BCUT2D eigenvalue weighted by Crippen LogP contribution is -1.87. The number of halogens is 2. The minimum atomic E-state index is -0.0364. The molecule has 1 N–H and O–H groups in total. The number of hydrogen-bond acceptors (Lipinski definition) is 2. The first-order valence-electron chi connectivity index (χ1n) is 5.08. The van der Waals surface area contributed by atoms with Crippen molar-refractivity contribution in [3.63, 3.8) is 0 Å². The molecule has 2 aliphatic rings. The summed E-state index contributed by atoms with van der Waals surface area (Å²) in [6.45, 7) is 1.87. The quantitative estimate of drug-likeness (QED) is 0.631. The van der Waals surface area contributed by atoms with E-state index in [4.69, 9.17) is 27.6 Å². The third kappa shape index (κ3) is 1.41. The van der Waals surface area contributed by atoms with Crippen LogP contribution in [0.25, 0.3) is 22.1 Å². The highest BCUT2D eigenvalue weighted by atomic mass is 35.5. The van der Waals surface area contributed by atoms with Gasteiger partial charge in [-0.05, 0) is 12.5 Å². The normalized spacial score (nSPS) is 11.5. The zero-order valence-corrected chi connectivity index (χ0v) is 10.4. The minimum absolute atomic E-state index is 0.0364. The third-order valence-electron chi connectivity index (χ3n) is 2.87. The first kappa shape index (κ1) is 10.8. The van der Waals surface area contributed by atoms with Crippen molar-refractivity contribution in [2.24, 2.45) is 0 Å². The van der Waals surface area contributed by atoms with Crippen molar-refractivity contribution in [1.82, 2.24) is 0 Å². The second-order valence-corrected chi connectivity index (χ2v) is 4.69. The molecule has 1 heterocycles. The van der Waals surface area contributed by atoms with Gasteiger partial charge in [0.05, 0.1) is 10.0 Å². The van der Waals surface area contributed by atoms with Gasteiger partial charge in [0.25, 0.3) is 0 Å². The number of aryl methyl sites for hydroxylation is 1. The Balaban J connectivity index is 2.63. The predicted octanol–water partition coefficient (Wildman–Crippen LogP) is 4.86. The van der Waals surface area contributed by atoms with E-state index in [1.807, 2.05) is 25.1 Å². The van der Waals surface area contributed by atoms with Crippen LogP contribution in [0.15, 0.2) is 28.7 Å². The highest BCUT2D eigenvalue weighted by molar-refractivity contribution is 6.42. The molecule has 2 nitrogen and oxygen atoms in total. The monoisotopic (exact) mass is 266 g/mol. The lowest BCUT2D eigenvalue weighted by Gasteiger charge is -2.11. The molecule has 17 heavy (non-hydrogen) atoms. The Kier molecular flexibility index (Phi) is 2.25. The Morgan fingerprint density at radius 2 is 1.88 bits per heavy atom. The van der Waals surface area contributed by atoms with Crippen LogP contribution in [0.3, 0.4) is 0 Å². The zero-order chi connectivity index (χ0) is 12.2. The van der Waals surface area contributed by atoms with Crippen LogP contribution in [0.4, 0.5) is 0 Å². The summed E-state index contributed by atoms with van der Waals surface area (Å²) in [4.78, 5) is 0. The number of aromatic hydroxyl groups is 1. The first-order valence-corrected chi connectivity index (χ1v) is 5.84. The van der Waals surface area contributed by atoms with Gasteiger partial charge in [-0.2, -0.15) is 0 Å². The molecule has 0 spiro atoms. The number of rotatable bonds is 0. The van der Waals surface area contributed by atoms with Crippen molar-refractivity contribution in [3.8, 4) is 16.9 Å². The molecule has 1 aromatic rings. The summed E-state index contributed by atoms with van der Waals surface area (Å²) in [6, 6.07) is 7.19. The summed E-state index contributed by atoms with van der Waals surface area (Å²) in [5.41, 5.74) is 2.42. The Hall–Kier alpha value is -1.38. The van der Waals surface area contributed by atoms with E-state index in [2.05, 4.69) is 0 Å². The van der Waals surface area contributed by atoms with Gasteiger partial charge in [-0.1, -0.05) is 41.4 Å². The summed E-state index contributed by atoms with van der Waals surface area (Å²) in [5.74, 6) is 0.742. The van der Waals surface area contributed by atoms with Crippen molar-refractivity contribution in [2.45, 2.75) is 6.92 Å². The average molecular weight is 267 g/mol. The topological polar surface area (TPSA) is 33.4 Å². The van der Waals surface area contributed by atoms with E-state index in [1.54, 1.807) is 0 Å². The summed E-state index contributed by atoms with van der Waals surface area (Å²) in [5, 5.41) is 11.0. The summed E-state index contributed by atoms with van der Waals surface area (Å²) in [7, 11) is 0. The molecule has 0 bridgehead atoms. The standard InChI is InChI=1S/C13H8Cl2O2/c1-6-7-3-2-4-8(7)11-12(15)10(16)5-9(14)13(11)17-6/h2-5,16H,1H3. The molecule has 0 aromatic heterocycles. The van der Waals surface area contributed by atoms with Crippen LogP contribution < -0.4 is 0 Å². The molecule has 0 saturated heterocycles. The lowest BCUT2D eigenvalue weighted by molar-refractivity contribution is 0.475. The highest BCUT2D eigenvalue weighted by Gasteiger charge is 2.19. The molecule has 1 aliphatic carbocycles. The van der Waals surface area contributed by atoms with Gasteiger partial charge in [0, 0.05) is 17.0 Å². The number of benzene rings is 1. The molecule has 0 radical (unpaired) electrons. The largest absolute Gasteiger partial charge is 0.506 e. The smallest absolute Gasteiger partial charge is 0.155 e. The Bertz CT molecular complexity index is 700. The minimum Gasteiger partial charge on any atom is -0.506 e. The van der Waals surface area contributed by atoms with Crippen LogP contribution in [0.5, 0.6) is 5.75 Å². The molecule has 86 valence electrons. The number of phenolic OH excluding ortho intramolecular Hbond substituents is 1. The maximum Gasteiger partial charge on any atom is 0.155 e. The van der Waals surface area contributed by atoms with Crippen molar-refractivity contribution < 1.29 is 9.52 Å². The number of phenols is 1. The van der Waals surface area contributed by atoms with Gasteiger partial charge in [0.1, 0.15) is 11.5 Å². The van der Waals surface area contributed by atoms with Gasteiger partial charge < -0.3 is 9.52 Å². The SMILES string of the molecule is Cc1oc2c(Cl)cc(O)c(Cl)c2c2cccc1-2. The first-order chi connectivity index (χ1) is 8.09. The Morgan fingerprint density at radius 3 is 2.65 bits per heavy atom. The summed E-state index contributed by atoms with van der Waals surface area (Å²) < 4.78 is 5.67. The third-order valence-corrected chi connectivity index (χ3v) is 3.53. The molecule has 0 fully saturated rings. The van der Waals surface area contributed by atoms with Crippen LogP contribution >= 0.6 is 23.2 Å². The van der Waals surface area contributed by atoms with Gasteiger partial charge in [-0.25, -0.2) is 0 Å². The van der Waals surface area contributed by atoms with Crippen LogP contribution in [0.2, 0.25) is 10.0 Å². The molecule has 4 heteroatoms. The number of hydrogen-bond donors (Lipinski definition) is 1. The van der Waals surface area contributed by atoms with Gasteiger partial charge in [0.15, 0.2) is 5.58 Å². The van der Waals surface area contributed by atoms with Crippen molar-refractivity contribution in [3.05, 3.63) is 40.1 Å². The predicted molar refractivity (Wildman–Crippen MR) is 69.3 cm³/mol. The molecular weight excluding hydrogens is 259 g/mol. The van der Waals surface area contributed by atoms with E-state index < -0.39 is 0 Å². The van der Waals surface area contributed by atoms with Crippen LogP contribution in [-0.2, 0) is 0 Å². The van der Waals surface area contributed by atoms with E-state index in [0.29, 0.717) is 16.0 Å². The summed E-state index contributed by atoms with van der Waals surface area (Å²) >= 11 is 12.2. The lowest BCUT2D eigenvalue weighted by atomic mass is 10.0. The fraction of sp³-hybridized carbons (Fsp3) is 0.0769. The molecule has 3 rings (SSSR count). The maximum atomic E-state index is 9.71. The molecule has 1 aliphatic heterocycles. The molecular formula is C13H8Cl2O2. The zero-order valence-electron chi connectivity index (χ0n) is 8.92. The van der Waals surface area contributed by atoms with Crippen LogP contribution in [-0.4, -0.2) is 5.11 Å². The Morgan fingerprint density at radius 1 is 1.18 bits per heavy atom. The van der Waals surface area contributed by atoms with E-state index in [9.17, 15) is 5.11 Å². The van der Waals surface area contributed by atoms with Gasteiger partial charge in [0.2, 0.25) is 0 Å². The molecule has 0 saturated carbocycles. The number of fused-ring (bicyclic) bond motifs is 3. The van der Waals surface area contributed by atoms with Crippen LogP contribution in [0.1, 0.15) is 5.76 Å². The van der Waals surface area contributed by atoms with E-state index in [-0.39, 0.29) is 10.8 Å². The summed E-state index contributed by atoms with van der Waals surface area (Å²) in [6.07, 6.45) is 0. The van der Waals surface area contributed by atoms with Gasteiger partial charge in [-0.3, -0.25) is 0 Å². The van der Waals surface area contributed by atoms with Crippen molar-refractivity contribution >= 4 is 34.2 Å². The maximum absolute atomic E-state index is 9.71. The van der Waals surface area contributed by atoms with E-state index >= 15 is 0 Å². The molecule has 0 atom stereocenters. The fourth-order valence-electron chi connectivity index (χ4n) is 2.09. The van der Waals surface area contributed by atoms with Crippen molar-refractivity contribution in [2.75, 3.05) is 0 Å². The van der Waals surface area contributed by atoms with Crippen molar-refractivity contribution in [1.29, 1.82) is 0 Å². The Labute approximate surface area is 108 Å². The highest BCUT2D eigenvalue weighted by Crippen LogP contribution is 2.44. The molecule has 1 aromatic carbocycles. The van der Waals surface area contributed by atoms with E-state index in [1.165, 1.54) is 6.07 Å². The molecule has 0 amide bonds. The van der Waals surface area contributed by atoms with Gasteiger partial charge >= 0.3 is 0 Å². The average Bonchev–Trinajstić information content (AvgIpc) is 2.75.